The smallest absolute Gasteiger partial charge is 0.357 e. The molecule has 0 atom stereocenters. The fourth-order valence-electron chi connectivity index (χ4n) is 2.10. The molecule has 2 N–H and O–H groups in total. The number of hydrogen-bond donors (Lipinski definition) is 2. The van der Waals surface area contributed by atoms with Crippen molar-refractivity contribution in [2.24, 2.45) is 0 Å². The van der Waals surface area contributed by atoms with Crippen LogP contribution in [0, 0.1) is 0 Å². The van der Waals surface area contributed by atoms with E-state index < -0.39 is 11.9 Å². The quantitative estimate of drug-likeness (QED) is 0.912. The molecule has 0 unspecified atom stereocenters. The van der Waals surface area contributed by atoms with Crippen molar-refractivity contribution in [3.8, 4) is 0 Å². The number of alkyl halides is 3. The summed E-state index contributed by atoms with van der Waals surface area (Å²) in [5.74, 6) is -0.153. The SMILES string of the molecule is O=C(NC1CC1)c1cc(Cc2ccc(C(F)(F)F)nc2)c[nH]1. The summed E-state index contributed by atoms with van der Waals surface area (Å²) in [6.07, 6.45) is 0.894. The van der Waals surface area contributed by atoms with E-state index in [1.54, 1.807) is 12.3 Å². The molecule has 1 amide bonds. The summed E-state index contributed by atoms with van der Waals surface area (Å²) in [5, 5.41) is 2.86. The van der Waals surface area contributed by atoms with Crippen LogP contribution in [0.25, 0.3) is 0 Å². The molecule has 0 bridgehead atoms. The third-order valence-electron chi connectivity index (χ3n) is 3.42. The maximum atomic E-state index is 12.4. The zero-order valence-electron chi connectivity index (χ0n) is 11.6. The molecular formula is C15H14F3N3O. The van der Waals surface area contributed by atoms with E-state index in [0.29, 0.717) is 17.7 Å². The van der Waals surface area contributed by atoms with E-state index in [1.807, 2.05) is 0 Å². The van der Waals surface area contributed by atoms with Crippen LogP contribution in [0.5, 0.6) is 0 Å². The third kappa shape index (κ3) is 3.47. The highest BCUT2D eigenvalue weighted by molar-refractivity contribution is 5.93. The molecule has 0 aromatic carbocycles. The molecule has 116 valence electrons. The zero-order valence-corrected chi connectivity index (χ0v) is 11.6. The Morgan fingerprint density at radius 3 is 2.68 bits per heavy atom. The lowest BCUT2D eigenvalue weighted by Crippen LogP contribution is -2.25. The fourth-order valence-corrected chi connectivity index (χ4v) is 2.10. The van der Waals surface area contributed by atoms with Crippen molar-refractivity contribution in [1.82, 2.24) is 15.3 Å². The number of hydrogen-bond acceptors (Lipinski definition) is 2. The number of nitrogens with one attached hydrogen (secondary N) is 2. The van der Waals surface area contributed by atoms with E-state index in [2.05, 4.69) is 15.3 Å². The second-order valence-corrected chi connectivity index (χ2v) is 5.40. The van der Waals surface area contributed by atoms with Gasteiger partial charge in [-0.25, -0.2) is 0 Å². The van der Waals surface area contributed by atoms with Crippen LogP contribution < -0.4 is 5.32 Å². The second kappa shape index (κ2) is 5.47. The van der Waals surface area contributed by atoms with Crippen molar-refractivity contribution in [3.63, 3.8) is 0 Å². The van der Waals surface area contributed by atoms with Gasteiger partial charge >= 0.3 is 6.18 Å². The van der Waals surface area contributed by atoms with Crippen molar-refractivity contribution in [2.45, 2.75) is 31.5 Å². The molecule has 0 radical (unpaired) electrons. The minimum absolute atomic E-state index is 0.153. The van der Waals surface area contributed by atoms with Gasteiger partial charge < -0.3 is 10.3 Å². The van der Waals surface area contributed by atoms with Crippen LogP contribution in [0.3, 0.4) is 0 Å². The van der Waals surface area contributed by atoms with E-state index in [4.69, 9.17) is 0 Å². The predicted molar refractivity (Wildman–Crippen MR) is 73.3 cm³/mol. The predicted octanol–water partition coefficient (Wildman–Crippen LogP) is 2.91. The van der Waals surface area contributed by atoms with Gasteiger partial charge in [0.15, 0.2) is 0 Å². The molecule has 1 saturated carbocycles. The molecule has 1 aliphatic carbocycles. The molecule has 2 heterocycles. The molecule has 0 spiro atoms. The van der Waals surface area contributed by atoms with Gasteiger partial charge in [0.05, 0.1) is 0 Å². The highest BCUT2D eigenvalue weighted by Crippen LogP contribution is 2.27. The van der Waals surface area contributed by atoms with Crippen LogP contribution >= 0.6 is 0 Å². The van der Waals surface area contributed by atoms with E-state index in [1.165, 1.54) is 12.3 Å². The average molecular weight is 309 g/mol. The second-order valence-electron chi connectivity index (χ2n) is 5.40. The number of carbonyl (C=O) groups excluding carboxylic acids is 1. The Hall–Kier alpha value is -2.31. The number of H-pyrrole nitrogens is 1. The Kier molecular flexibility index (Phi) is 3.64. The first-order chi connectivity index (χ1) is 10.4. The number of aromatic amines is 1. The van der Waals surface area contributed by atoms with E-state index in [-0.39, 0.29) is 11.9 Å². The third-order valence-corrected chi connectivity index (χ3v) is 3.42. The summed E-state index contributed by atoms with van der Waals surface area (Å²) in [7, 11) is 0. The lowest BCUT2D eigenvalue weighted by atomic mass is 10.1. The molecule has 22 heavy (non-hydrogen) atoms. The number of nitrogens with zero attached hydrogens (tertiary/aromatic N) is 1. The Balaban J connectivity index is 1.65. The summed E-state index contributed by atoms with van der Waals surface area (Å²) in [6.45, 7) is 0. The first-order valence-electron chi connectivity index (χ1n) is 6.92. The van der Waals surface area contributed by atoms with E-state index in [0.717, 1.165) is 24.5 Å². The Morgan fingerprint density at radius 1 is 1.32 bits per heavy atom. The fraction of sp³-hybridized carbons (Fsp3) is 0.333. The van der Waals surface area contributed by atoms with Crippen molar-refractivity contribution in [1.29, 1.82) is 0 Å². The summed E-state index contributed by atoms with van der Waals surface area (Å²) in [5.41, 5.74) is 1.03. The van der Waals surface area contributed by atoms with Gasteiger partial charge in [-0.1, -0.05) is 6.07 Å². The molecule has 2 aromatic heterocycles. The van der Waals surface area contributed by atoms with Crippen LogP contribution in [-0.4, -0.2) is 21.9 Å². The number of rotatable bonds is 4. The Morgan fingerprint density at radius 2 is 2.09 bits per heavy atom. The molecule has 0 aliphatic heterocycles. The first kappa shape index (κ1) is 14.6. The number of pyridine rings is 1. The van der Waals surface area contributed by atoms with Crippen molar-refractivity contribution in [2.75, 3.05) is 0 Å². The maximum absolute atomic E-state index is 12.4. The van der Waals surface area contributed by atoms with Gasteiger partial charge in [-0.3, -0.25) is 9.78 Å². The molecule has 3 rings (SSSR count). The number of aromatic nitrogens is 2. The van der Waals surface area contributed by atoms with Crippen molar-refractivity contribution >= 4 is 5.91 Å². The standard InChI is InChI=1S/C15H14F3N3O/c16-15(17,18)13-4-1-9(7-20-13)5-10-6-12(19-8-10)14(22)21-11-2-3-11/h1,4,6-8,11,19H,2-3,5H2,(H,21,22). The molecule has 1 aliphatic rings. The normalized spacial score (nSPS) is 14.9. The highest BCUT2D eigenvalue weighted by Gasteiger charge is 2.32. The molecule has 1 fully saturated rings. The first-order valence-corrected chi connectivity index (χ1v) is 6.92. The minimum atomic E-state index is -4.43. The lowest BCUT2D eigenvalue weighted by molar-refractivity contribution is -0.141. The van der Waals surface area contributed by atoms with Gasteiger partial charge in [0, 0.05) is 24.9 Å². The summed E-state index contributed by atoms with van der Waals surface area (Å²) < 4.78 is 37.3. The molecule has 2 aromatic rings. The molecule has 7 heteroatoms. The molecule has 0 saturated heterocycles. The summed E-state index contributed by atoms with van der Waals surface area (Å²) in [4.78, 5) is 18.1. The van der Waals surface area contributed by atoms with E-state index in [9.17, 15) is 18.0 Å². The lowest BCUT2D eigenvalue weighted by Gasteiger charge is -2.05. The number of carbonyl (C=O) groups is 1. The van der Waals surface area contributed by atoms with Crippen molar-refractivity contribution in [3.05, 3.63) is 53.1 Å². The van der Waals surface area contributed by atoms with Crippen LogP contribution in [-0.2, 0) is 12.6 Å². The monoisotopic (exact) mass is 309 g/mol. The van der Waals surface area contributed by atoms with Crippen LogP contribution in [0.15, 0.2) is 30.6 Å². The Bertz CT molecular complexity index is 672. The maximum Gasteiger partial charge on any atom is 0.433 e. The topological polar surface area (TPSA) is 57.8 Å². The van der Waals surface area contributed by atoms with Crippen LogP contribution in [0.4, 0.5) is 13.2 Å². The highest BCUT2D eigenvalue weighted by atomic mass is 19.4. The van der Waals surface area contributed by atoms with Crippen LogP contribution in [0.2, 0.25) is 0 Å². The van der Waals surface area contributed by atoms with Gasteiger partial charge in [0.2, 0.25) is 0 Å². The molecular weight excluding hydrogens is 295 g/mol. The zero-order chi connectivity index (χ0) is 15.7. The van der Waals surface area contributed by atoms with Gasteiger partial charge in [0.1, 0.15) is 11.4 Å². The van der Waals surface area contributed by atoms with Crippen LogP contribution in [0.1, 0.15) is 40.2 Å². The minimum Gasteiger partial charge on any atom is -0.357 e. The van der Waals surface area contributed by atoms with Gasteiger partial charge in [0.25, 0.3) is 5.91 Å². The average Bonchev–Trinajstić information content (AvgIpc) is 3.14. The largest absolute Gasteiger partial charge is 0.433 e. The van der Waals surface area contributed by atoms with Crippen molar-refractivity contribution < 1.29 is 18.0 Å². The van der Waals surface area contributed by atoms with E-state index >= 15 is 0 Å². The van der Waals surface area contributed by atoms with Gasteiger partial charge in [-0.05, 0) is 36.1 Å². The molecule has 4 nitrogen and oxygen atoms in total. The number of halogens is 3. The van der Waals surface area contributed by atoms with Gasteiger partial charge in [-0.15, -0.1) is 0 Å². The summed E-state index contributed by atoms with van der Waals surface area (Å²) in [6, 6.07) is 4.34. The Labute approximate surface area is 124 Å². The summed E-state index contributed by atoms with van der Waals surface area (Å²) >= 11 is 0. The number of amides is 1. The van der Waals surface area contributed by atoms with Gasteiger partial charge in [-0.2, -0.15) is 13.2 Å².